The van der Waals surface area contributed by atoms with Gasteiger partial charge in [-0.3, -0.25) is 4.79 Å². The van der Waals surface area contributed by atoms with E-state index in [0.29, 0.717) is 29.6 Å². The third-order valence-corrected chi connectivity index (χ3v) is 4.46. The fourth-order valence-corrected chi connectivity index (χ4v) is 2.67. The minimum absolute atomic E-state index is 0.0676. The lowest BCUT2D eigenvalue weighted by molar-refractivity contribution is 0.0951. The lowest BCUT2D eigenvalue weighted by atomic mass is 10.2. The predicted molar refractivity (Wildman–Crippen MR) is 93.4 cm³/mol. The van der Waals surface area contributed by atoms with Gasteiger partial charge in [0.05, 0.1) is 7.11 Å². The second kappa shape index (κ2) is 7.39. The van der Waals surface area contributed by atoms with Crippen LogP contribution in [0.3, 0.4) is 0 Å². The van der Waals surface area contributed by atoms with Crippen LogP contribution in [0.25, 0.3) is 0 Å². The van der Waals surface area contributed by atoms with Crippen LogP contribution in [0.1, 0.15) is 29.3 Å². The Morgan fingerprint density at radius 1 is 1.17 bits per heavy atom. The Bertz CT molecular complexity index is 699. The molecule has 0 bridgehead atoms. The molecule has 1 aliphatic carbocycles. The topological polar surface area (TPSA) is 47.6 Å². The van der Waals surface area contributed by atoms with Crippen LogP contribution in [0, 0.1) is 11.8 Å². The highest BCUT2D eigenvalue weighted by atomic mass is 16.5. The molecule has 0 heterocycles. The summed E-state index contributed by atoms with van der Waals surface area (Å²) in [6, 6.07) is 15.2. The normalized spacial score (nSPS) is 18.8. The first-order valence-corrected chi connectivity index (χ1v) is 8.30. The minimum Gasteiger partial charge on any atom is -0.493 e. The average molecular weight is 325 g/mol. The number of benzene rings is 2. The van der Waals surface area contributed by atoms with Gasteiger partial charge in [0.2, 0.25) is 0 Å². The Balaban J connectivity index is 1.62. The van der Waals surface area contributed by atoms with Gasteiger partial charge in [-0.15, -0.1) is 0 Å². The molecular formula is C20H23NO3. The number of carbonyl (C=O) groups is 1. The molecule has 0 saturated heterocycles. The quantitative estimate of drug-likeness (QED) is 0.845. The zero-order chi connectivity index (χ0) is 16.9. The maximum atomic E-state index is 12.2. The molecule has 3 rings (SSSR count). The van der Waals surface area contributed by atoms with E-state index in [1.54, 1.807) is 25.3 Å². The molecule has 0 radical (unpaired) electrons. The zero-order valence-corrected chi connectivity index (χ0v) is 14.1. The van der Waals surface area contributed by atoms with E-state index in [1.807, 2.05) is 30.3 Å². The van der Waals surface area contributed by atoms with E-state index in [9.17, 15) is 4.79 Å². The summed E-state index contributed by atoms with van der Waals surface area (Å²) in [7, 11) is 1.58. The van der Waals surface area contributed by atoms with Gasteiger partial charge in [0.1, 0.15) is 6.61 Å². The van der Waals surface area contributed by atoms with Crippen LogP contribution in [0.2, 0.25) is 0 Å². The van der Waals surface area contributed by atoms with E-state index in [-0.39, 0.29) is 5.91 Å². The van der Waals surface area contributed by atoms with Crippen molar-refractivity contribution in [2.45, 2.75) is 20.0 Å². The minimum atomic E-state index is -0.0676. The standard InChI is InChI=1S/C20H23NO3/c1-14-10-17(14)12-21-20(22)16-8-9-18(19(11-16)23-2)24-13-15-6-4-3-5-7-15/h3-9,11,14,17H,10,12-13H2,1-2H3,(H,21,22)/t14-,17-/m0/s1. The number of nitrogens with one attached hydrogen (secondary N) is 1. The van der Waals surface area contributed by atoms with Gasteiger partial charge >= 0.3 is 0 Å². The van der Waals surface area contributed by atoms with Crippen molar-refractivity contribution in [3.05, 3.63) is 59.7 Å². The van der Waals surface area contributed by atoms with Gasteiger partial charge in [-0.25, -0.2) is 0 Å². The Kier molecular flexibility index (Phi) is 5.04. The van der Waals surface area contributed by atoms with Crippen LogP contribution in [-0.4, -0.2) is 19.6 Å². The number of methoxy groups -OCH3 is 1. The summed E-state index contributed by atoms with van der Waals surface area (Å²) < 4.78 is 11.2. The number of hydrogen-bond acceptors (Lipinski definition) is 3. The predicted octanol–water partition coefficient (Wildman–Crippen LogP) is 3.66. The second-order valence-electron chi connectivity index (χ2n) is 6.32. The van der Waals surface area contributed by atoms with Crippen molar-refractivity contribution in [1.29, 1.82) is 0 Å². The highest BCUT2D eigenvalue weighted by Gasteiger charge is 2.32. The van der Waals surface area contributed by atoms with Gasteiger partial charge in [-0.05, 0) is 42.0 Å². The monoisotopic (exact) mass is 325 g/mol. The summed E-state index contributed by atoms with van der Waals surface area (Å²) in [4.78, 5) is 12.2. The maximum Gasteiger partial charge on any atom is 0.251 e. The van der Waals surface area contributed by atoms with E-state index in [1.165, 1.54) is 6.42 Å². The van der Waals surface area contributed by atoms with Crippen molar-refractivity contribution in [2.75, 3.05) is 13.7 Å². The number of ether oxygens (including phenoxy) is 2. The molecule has 126 valence electrons. The molecule has 2 aromatic rings. The first-order chi connectivity index (χ1) is 11.7. The number of carbonyl (C=O) groups excluding carboxylic acids is 1. The number of hydrogen-bond donors (Lipinski definition) is 1. The first kappa shape index (κ1) is 16.4. The highest BCUT2D eigenvalue weighted by Crippen LogP contribution is 2.36. The van der Waals surface area contributed by atoms with E-state index in [2.05, 4.69) is 12.2 Å². The average Bonchev–Trinajstić information content (AvgIpc) is 3.34. The van der Waals surface area contributed by atoms with Crippen LogP contribution in [-0.2, 0) is 6.61 Å². The molecule has 2 atom stereocenters. The number of rotatable bonds is 7. The molecule has 1 fully saturated rings. The molecule has 0 unspecified atom stereocenters. The van der Waals surface area contributed by atoms with E-state index < -0.39 is 0 Å². The molecule has 1 N–H and O–H groups in total. The summed E-state index contributed by atoms with van der Waals surface area (Å²) in [6.07, 6.45) is 1.20. The van der Waals surface area contributed by atoms with Crippen LogP contribution >= 0.6 is 0 Å². The molecule has 2 aromatic carbocycles. The molecule has 4 nitrogen and oxygen atoms in total. The number of amides is 1. The molecular weight excluding hydrogens is 302 g/mol. The maximum absolute atomic E-state index is 12.2. The smallest absolute Gasteiger partial charge is 0.251 e. The molecule has 24 heavy (non-hydrogen) atoms. The Hall–Kier alpha value is -2.49. The Labute approximate surface area is 142 Å². The van der Waals surface area contributed by atoms with Crippen molar-refractivity contribution in [2.24, 2.45) is 11.8 Å². The van der Waals surface area contributed by atoms with Crippen LogP contribution in [0.4, 0.5) is 0 Å². The Morgan fingerprint density at radius 2 is 1.92 bits per heavy atom. The van der Waals surface area contributed by atoms with Gasteiger partial charge in [0, 0.05) is 12.1 Å². The van der Waals surface area contributed by atoms with Gasteiger partial charge in [0.15, 0.2) is 11.5 Å². The summed E-state index contributed by atoms with van der Waals surface area (Å²) in [5.74, 6) is 2.49. The first-order valence-electron chi connectivity index (χ1n) is 8.30. The lowest BCUT2D eigenvalue weighted by Crippen LogP contribution is -2.25. The van der Waals surface area contributed by atoms with Gasteiger partial charge < -0.3 is 14.8 Å². The van der Waals surface area contributed by atoms with Crippen molar-refractivity contribution < 1.29 is 14.3 Å². The summed E-state index contributed by atoms with van der Waals surface area (Å²) in [5.41, 5.74) is 1.67. The second-order valence-corrected chi connectivity index (χ2v) is 6.32. The van der Waals surface area contributed by atoms with Crippen LogP contribution < -0.4 is 14.8 Å². The zero-order valence-electron chi connectivity index (χ0n) is 14.1. The van der Waals surface area contributed by atoms with Crippen molar-refractivity contribution in [1.82, 2.24) is 5.32 Å². The van der Waals surface area contributed by atoms with Crippen molar-refractivity contribution >= 4 is 5.91 Å². The third kappa shape index (κ3) is 4.07. The van der Waals surface area contributed by atoms with E-state index >= 15 is 0 Å². The van der Waals surface area contributed by atoms with Crippen molar-refractivity contribution in [3.63, 3.8) is 0 Å². The molecule has 0 aromatic heterocycles. The molecule has 1 amide bonds. The SMILES string of the molecule is COc1cc(C(=O)NC[C@@H]2C[C@@H]2C)ccc1OCc1ccccc1. The molecule has 0 aliphatic heterocycles. The third-order valence-electron chi connectivity index (χ3n) is 4.46. The summed E-state index contributed by atoms with van der Waals surface area (Å²) in [5, 5.41) is 2.98. The van der Waals surface area contributed by atoms with E-state index in [4.69, 9.17) is 9.47 Å². The van der Waals surface area contributed by atoms with Crippen molar-refractivity contribution in [3.8, 4) is 11.5 Å². The highest BCUT2D eigenvalue weighted by molar-refractivity contribution is 5.94. The van der Waals surface area contributed by atoms with Gasteiger partial charge in [-0.2, -0.15) is 0 Å². The molecule has 0 spiro atoms. The fourth-order valence-electron chi connectivity index (χ4n) is 2.67. The lowest BCUT2D eigenvalue weighted by Gasteiger charge is -2.12. The molecule has 1 saturated carbocycles. The summed E-state index contributed by atoms with van der Waals surface area (Å²) >= 11 is 0. The van der Waals surface area contributed by atoms with Gasteiger partial charge in [0.25, 0.3) is 5.91 Å². The molecule has 1 aliphatic rings. The van der Waals surface area contributed by atoms with E-state index in [0.717, 1.165) is 18.0 Å². The fraction of sp³-hybridized carbons (Fsp3) is 0.350. The van der Waals surface area contributed by atoms with Gasteiger partial charge in [-0.1, -0.05) is 37.3 Å². The summed E-state index contributed by atoms with van der Waals surface area (Å²) in [6.45, 7) is 3.41. The largest absolute Gasteiger partial charge is 0.493 e. The van der Waals surface area contributed by atoms with Crippen LogP contribution in [0.15, 0.2) is 48.5 Å². The molecule has 4 heteroatoms. The van der Waals surface area contributed by atoms with Crippen LogP contribution in [0.5, 0.6) is 11.5 Å². The Morgan fingerprint density at radius 3 is 2.58 bits per heavy atom.